The Morgan fingerprint density at radius 2 is 1.59 bits per heavy atom. The Morgan fingerprint density at radius 1 is 0.812 bits per heavy atom. The number of phenols is 1. The third-order valence-corrected chi connectivity index (χ3v) is 6.50. The molecular formula is C28H31N3O. The largest absolute Gasteiger partial charge is 0.508 e. The molecule has 2 aromatic heterocycles. The van der Waals surface area contributed by atoms with Crippen LogP contribution in [0.2, 0.25) is 0 Å². The molecule has 0 saturated carbocycles. The average molecular weight is 426 g/mol. The average Bonchev–Trinajstić information content (AvgIpc) is 3.38. The van der Waals surface area contributed by atoms with Gasteiger partial charge in [-0.15, -0.1) is 0 Å². The minimum Gasteiger partial charge on any atom is -0.508 e. The SMILES string of the molecule is CN(C)CCCCCCn1c2ccc(O)cc2c2c3c[nH]cc3c(-c3ccccc3)cc21. The lowest BCUT2D eigenvalue weighted by molar-refractivity contribution is 0.389. The number of unbranched alkanes of at least 4 members (excludes halogenated alkanes) is 3. The molecule has 0 amide bonds. The first-order valence-electron chi connectivity index (χ1n) is 11.6. The molecule has 0 unspecified atom stereocenters. The second kappa shape index (κ2) is 8.71. The molecule has 0 aliphatic heterocycles. The number of aryl methyl sites for hydroxylation is 1. The molecule has 164 valence electrons. The summed E-state index contributed by atoms with van der Waals surface area (Å²) in [7, 11) is 4.28. The summed E-state index contributed by atoms with van der Waals surface area (Å²) in [5.41, 5.74) is 4.90. The van der Waals surface area contributed by atoms with Crippen molar-refractivity contribution in [3.8, 4) is 16.9 Å². The van der Waals surface area contributed by atoms with E-state index >= 15 is 0 Å². The first-order chi connectivity index (χ1) is 15.6. The van der Waals surface area contributed by atoms with Crippen molar-refractivity contribution >= 4 is 32.6 Å². The van der Waals surface area contributed by atoms with E-state index in [4.69, 9.17) is 0 Å². The number of hydrogen-bond donors (Lipinski definition) is 2. The Bertz CT molecular complexity index is 1360. The number of hydrogen-bond acceptors (Lipinski definition) is 2. The smallest absolute Gasteiger partial charge is 0.116 e. The summed E-state index contributed by atoms with van der Waals surface area (Å²) >= 11 is 0. The highest BCUT2D eigenvalue weighted by Gasteiger charge is 2.17. The van der Waals surface area contributed by atoms with E-state index in [0.717, 1.165) is 24.9 Å². The molecule has 32 heavy (non-hydrogen) atoms. The molecule has 2 N–H and O–H groups in total. The van der Waals surface area contributed by atoms with E-state index in [-0.39, 0.29) is 0 Å². The number of aromatic amines is 1. The van der Waals surface area contributed by atoms with E-state index in [0.29, 0.717) is 5.75 Å². The van der Waals surface area contributed by atoms with E-state index in [9.17, 15) is 5.11 Å². The van der Waals surface area contributed by atoms with Crippen LogP contribution >= 0.6 is 0 Å². The van der Waals surface area contributed by atoms with Crippen LogP contribution in [-0.4, -0.2) is 40.2 Å². The predicted molar refractivity (Wildman–Crippen MR) is 135 cm³/mol. The van der Waals surface area contributed by atoms with Crippen molar-refractivity contribution in [2.24, 2.45) is 0 Å². The maximum Gasteiger partial charge on any atom is 0.116 e. The lowest BCUT2D eigenvalue weighted by Gasteiger charge is -2.11. The van der Waals surface area contributed by atoms with Gasteiger partial charge in [0.05, 0.1) is 5.52 Å². The highest BCUT2D eigenvalue weighted by atomic mass is 16.3. The third kappa shape index (κ3) is 3.76. The van der Waals surface area contributed by atoms with Crippen LogP contribution in [0.15, 0.2) is 67.0 Å². The first kappa shape index (κ1) is 20.7. The van der Waals surface area contributed by atoms with Gasteiger partial charge in [0, 0.05) is 46.0 Å². The van der Waals surface area contributed by atoms with E-state index in [1.165, 1.54) is 57.6 Å². The molecular weight excluding hydrogens is 394 g/mol. The van der Waals surface area contributed by atoms with Gasteiger partial charge < -0.3 is 19.6 Å². The molecule has 5 rings (SSSR count). The highest BCUT2D eigenvalue weighted by molar-refractivity contribution is 6.23. The van der Waals surface area contributed by atoms with Gasteiger partial charge in [-0.3, -0.25) is 0 Å². The Labute approximate surface area is 189 Å². The number of nitrogens with zero attached hydrogens (tertiary/aromatic N) is 2. The number of nitrogens with one attached hydrogen (secondary N) is 1. The van der Waals surface area contributed by atoms with Crippen molar-refractivity contribution in [2.45, 2.75) is 32.2 Å². The van der Waals surface area contributed by atoms with Crippen LogP contribution in [0.1, 0.15) is 25.7 Å². The van der Waals surface area contributed by atoms with Crippen LogP contribution in [0, 0.1) is 0 Å². The number of rotatable bonds is 8. The fraction of sp³-hybridized carbons (Fsp3) is 0.286. The molecule has 0 saturated heterocycles. The van der Waals surface area contributed by atoms with Gasteiger partial charge in [0.25, 0.3) is 0 Å². The minimum atomic E-state index is 0.316. The number of benzene rings is 3. The molecule has 3 aromatic carbocycles. The van der Waals surface area contributed by atoms with Crippen LogP contribution in [0.5, 0.6) is 5.75 Å². The molecule has 0 fully saturated rings. The van der Waals surface area contributed by atoms with Crippen LogP contribution in [0.4, 0.5) is 0 Å². The van der Waals surface area contributed by atoms with Gasteiger partial charge in [-0.05, 0) is 68.9 Å². The Balaban J connectivity index is 1.62. The minimum absolute atomic E-state index is 0.316. The Hall–Kier alpha value is -3.24. The van der Waals surface area contributed by atoms with Crippen LogP contribution < -0.4 is 0 Å². The van der Waals surface area contributed by atoms with Crippen molar-refractivity contribution in [1.29, 1.82) is 0 Å². The zero-order valence-corrected chi connectivity index (χ0v) is 18.9. The van der Waals surface area contributed by atoms with E-state index in [1.807, 2.05) is 6.07 Å². The molecule has 0 aliphatic rings. The van der Waals surface area contributed by atoms with Crippen molar-refractivity contribution in [3.05, 3.63) is 67.0 Å². The summed E-state index contributed by atoms with van der Waals surface area (Å²) in [6.45, 7) is 2.14. The second-order valence-corrected chi connectivity index (χ2v) is 9.04. The number of H-pyrrole nitrogens is 1. The van der Waals surface area contributed by atoms with Crippen molar-refractivity contribution < 1.29 is 5.11 Å². The summed E-state index contributed by atoms with van der Waals surface area (Å²) in [6.07, 6.45) is 9.07. The first-order valence-corrected chi connectivity index (χ1v) is 11.6. The zero-order valence-electron chi connectivity index (χ0n) is 18.9. The van der Waals surface area contributed by atoms with Gasteiger partial charge in [-0.1, -0.05) is 43.2 Å². The highest BCUT2D eigenvalue weighted by Crippen LogP contribution is 2.41. The van der Waals surface area contributed by atoms with E-state index in [1.54, 1.807) is 6.07 Å². The predicted octanol–water partition coefficient (Wildman–Crippen LogP) is 6.77. The van der Waals surface area contributed by atoms with Crippen LogP contribution in [-0.2, 0) is 6.54 Å². The number of fused-ring (bicyclic) bond motifs is 5. The lowest BCUT2D eigenvalue weighted by atomic mass is 9.97. The van der Waals surface area contributed by atoms with Crippen LogP contribution in [0.3, 0.4) is 0 Å². The number of phenolic OH excluding ortho intramolecular Hbond substituents is 1. The summed E-state index contributed by atoms with van der Waals surface area (Å²) in [5, 5.41) is 15.0. The summed E-state index contributed by atoms with van der Waals surface area (Å²) < 4.78 is 2.45. The van der Waals surface area contributed by atoms with Crippen molar-refractivity contribution in [3.63, 3.8) is 0 Å². The van der Waals surface area contributed by atoms with Gasteiger partial charge in [-0.25, -0.2) is 0 Å². The zero-order chi connectivity index (χ0) is 22.1. The van der Waals surface area contributed by atoms with Gasteiger partial charge >= 0.3 is 0 Å². The molecule has 0 atom stereocenters. The standard InChI is InChI=1S/C28H31N3O/c1-30(2)14-8-3-4-9-15-31-26-13-12-21(32)16-23(26)28-25-19-29-18-24(25)22(17-27(28)31)20-10-6-5-7-11-20/h5-7,10-13,16-19,29,32H,3-4,8-9,14-15H2,1-2H3. The molecule has 0 radical (unpaired) electrons. The molecule has 0 spiro atoms. The lowest BCUT2D eigenvalue weighted by Crippen LogP contribution is -2.12. The molecule has 5 aromatic rings. The Kier molecular flexibility index (Phi) is 5.62. The molecule has 0 aliphatic carbocycles. The second-order valence-electron chi connectivity index (χ2n) is 9.04. The van der Waals surface area contributed by atoms with Gasteiger partial charge in [-0.2, -0.15) is 0 Å². The van der Waals surface area contributed by atoms with E-state index in [2.05, 4.69) is 83.4 Å². The molecule has 4 nitrogen and oxygen atoms in total. The van der Waals surface area contributed by atoms with Gasteiger partial charge in [0.1, 0.15) is 5.75 Å². The topological polar surface area (TPSA) is 44.2 Å². The molecule has 0 bridgehead atoms. The fourth-order valence-corrected chi connectivity index (χ4v) is 4.95. The normalized spacial score (nSPS) is 12.0. The van der Waals surface area contributed by atoms with Crippen LogP contribution in [0.25, 0.3) is 43.7 Å². The van der Waals surface area contributed by atoms with Gasteiger partial charge in [0.15, 0.2) is 0 Å². The maximum absolute atomic E-state index is 10.3. The van der Waals surface area contributed by atoms with Gasteiger partial charge in [0.2, 0.25) is 0 Å². The fourth-order valence-electron chi connectivity index (χ4n) is 4.95. The quantitative estimate of drug-likeness (QED) is 0.269. The van der Waals surface area contributed by atoms with E-state index < -0.39 is 0 Å². The molecule has 4 heteroatoms. The Morgan fingerprint density at radius 3 is 2.41 bits per heavy atom. The molecule has 2 heterocycles. The monoisotopic (exact) mass is 425 g/mol. The summed E-state index contributed by atoms with van der Waals surface area (Å²) in [5.74, 6) is 0.316. The van der Waals surface area contributed by atoms with Crippen molar-refractivity contribution in [2.75, 3.05) is 20.6 Å². The van der Waals surface area contributed by atoms with Crippen molar-refractivity contribution in [1.82, 2.24) is 14.5 Å². The summed E-state index contributed by atoms with van der Waals surface area (Å²) in [4.78, 5) is 5.58. The number of aromatic hydroxyl groups is 1. The summed E-state index contributed by atoms with van der Waals surface area (Å²) in [6, 6.07) is 18.7. The maximum atomic E-state index is 10.3. The number of aromatic nitrogens is 2. The third-order valence-electron chi connectivity index (χ3n) is 6.50.